The summed E-state index contributed by atoms with van der Waals surface area (Å²) in [6.45, 7) is 6.41. The van der Waals surface area contributed by atoms with E-state index in [0.29, 0.717) is 0 Å². The Balaban J connectivity index is 2.06. The molecule has 0 spiro atoms. The van der Waals surface area contributed by atoms with E-state index in [1.165, 1.54) is 32.0 Å². The Labute approximate surface area is 127 Å². The van der Waals surface area contributed by atoms with Crippen LogP contribution in [-0.2, 0) is 0 Å². The lowest BCUT2D eigenvalue weighted by atomic mass is 9.96. The molecule has 1 heterocycles. The highest BCUT2D eigenvalue weighted by Gasteiger charge is 2.26. The Morgan fingerprint density at radius 2 is 1.95 bits per heavy atom. The van der Waals surface area contributed by atoms with Gasteiger partial charge in [0.2, 0.25) is 0 Å². The van der Waals surface area contributed by atoms with Gasteiger partial charge in [-0.05, 0) is 45.5 Å². The van der Waals surface area contributed by atoms with Gasteiger partial charge in [-0.1, -0.05) is 25.1 Å². The average Bonchev–Trinajstić information content (AvgIpc) is 3.00. The summed E-state index contributed by atoms with van der Waals surface area (Å²) in [6.07, 6.45) is 3.44. The number of halogens is 1. The molecule has 1 aromatic rings. The van der Waals surface area contributed by atoms with E-state index in [2.05, 4.69) is 23.8 Å². The minimum Gasteiger partial charge on any atom is -0.326 e. The number of likely N-dealkylation sites (N-methyl/N-ethyl adjacent to an activating group) is 1. The van der Waals surface area contributed by atoms with E-state index >= 15 is 0 Å². The van der Waals surface area contributed by atoms with Crippen molar-refractivity contribution in [1.82, 2.24) is 9.80 Å². The van der Waals surface area contributed by atoms with Crippen LogP contribution in [0.3, 0.4) is 0 Å². The van der Waals surface area contributed by atoms with Crippen LogP contribution in [0.5, 0.6) is 0 Å². The second-order valence-electron chi connectivity index (χ2n) is 6.07. The summed E-state index contributed by atoms with van der Waals surface area (Å²) in [4.78, 5) is 4.69. The molecule has 0 radical (unpaired) electrons. The maximum Gasteiger partial charge on any atom is 0.128 e. The van der Waals surface area contributed by atoms with Gasteiger partial charge in [-0.3, -0.25) is 4.90 Å². The van der Waals surface area contributed by atoms with Crippen LogP contribution < -0.4 is 5.73 Å². The number of hydrogen-bond donors (Lipinski definition) is 1. The molecule has 0 bridgehead atoms. The molecule has 1 aliphatic rings. The van der Waals surface area contributed by atoms with E-state index in [0.717, 1.165) is 25.1 Å². The lowest BCUT2D eigenvalue weighted by Crippen LogP contribution is -2.42. The van der Waals surface area contributed by atoms with Gasteiger partial charge in [0, 0.05) is 24.7 Å². The zero-order valence-electron chi connectivity index (χ0n) is 13.3. The van der Waals surface area contributed by atoms with E-state index in [1.807, 2.05) is 12.1 Å². The number of nitrogens with zero attached hydrogens (tertiary/aromatic N) is 2. The van der Waals surface area contributed by atoms with Crippen molar-refractivity contribution >= 4 is 0 Å². The molecule has 2 N–H and O–H groups in total. The molecule has 21 heavy (non-hydrogen) atoms. The van der Waals surface area contributed by atoms with E-state index in [9.17, 15) is 4.39 Å². The highest BCUT2D eigenvalue weighted by molar-refractivity contribution is 5.22. The molecule has 0 aliphatic carbocycles. The predicted molar refractivity (Wildman–Crippen MR) is 85.7 cm³/mol. The molecular formula is C17H28FN3. The summed E-state index contributed by atoms with van der Waals surface area (Å²) in [5, 5.41) is 0. The van der Waals surface area contributed by atoms with Crippen molar-refractivity contribution < 1.29 is 4.39 Å². The molecule has 0 aromatic heterocycles. The Morgan fingerprint density at radius 3 is 2.57 bits per heavy atom. The summed E-state index contributed by atoms with van der Waals surface area (Å²) in [7, 11) is 2.06. The first kappa shape index (κ1) is 16.4. The highest BCUT2D eigenvalue weighted by atomic mass is 19.1. The van der Waals surface area contributed by atoms with Crippen molar-refractivity contribution in [2.45, 2.75) is 38.3 Å². The fourth-order valence-electron chi connectivity index (χ4n) is 3.18. The van der Waals surface area contributed by atoms with Crippen LogP contribution in [0.1, 0.15) is 37.8 Å². The van der Waals surface area contributed by atoms with Crippen molar-refractivity contribution in [1.29, 1.82) is 0 Å². The maximum absolute atomic E-state index is 14.1. The third kappa shape index (κ3) is 4.25. The van der Waals surface area contributed by atoms with Crippen LogP contribution in [-0.4, -0.2) is 49.1 Å². The molecule has 0 saturated carbocycles. The van der Waals surface area contributed by atoms with Gasteiger partial charge in [0.15, 0.2) is 0 Å². The van der Waals surface area contributed by atoms with Crippen molar-refractivity contribution in [3.05, 3.63) is 35.6 Å². The molecule has 2 atom stereocenters. The van der Waals surface area contributed by atoms with Gasteiger partial charge >= 0.3 is 0 Å². The zero-order valence-corrected chi connectivity index (χ0v) is 13.3. The maximum atomic E-state index is 14.1. The molecular weight excluding hydrogens is 265 g/mol. The van der Waals surface area contributed by atoms with Gasteiger partial charge < -0.3 is 10.6 Å². The van der Waals surface area contributed by atoms with Gasteiger partial charge in [-0.15, -0.1) is 0 Å². The second kappa shape index (κ2) is 7.87. The van der Waals surface area contributed by atoms with Crippen LogP contribution in [0.25, 0.3) is 0 Å². The highest BCUT2D eigenvalue weighted by Crippen LogP contribution is 2.26. The second-order valence-corrected chi connectivity index (χ2v) is 6.07. The van der Waals surface area contributed by atoms with E-state index in [4.69, 9.17) is 5.73 Å². The third-order valence-corrected chi connectivity index (χ3v) is 4.54. The minimum atomic E-state index is -0.153. The van der Waals surface area contributed by atoms with Gasteiger partial charge in [0.1, 0.15) is 5.82 Å². The van der Waals surface area contributed by atoms with Gasteiger partial charge in [-0.2, -0.15) is 0 Å². The van der Waals surface area contributed by atoms with Gasteiger partial charge in [0.25, 0.3) is 0 Å². The summed E-state index contributed by atoms with van der Waals surface area (Å²) < 4.78 is 14.1. The van der Waals surface area contributed by atoms with Crippen LogP contribution in [0.2, 0.25) is 0 Å². The van der Waals surface area contributed by atoms with E-state index in [1.54, 1.807) is 6.07 Å². The normalized spacial score (nSPS) is 19.1. The Hall–Kier alpha value is -0.970. The lowest BCUT2D eigenvalue weighted by Gasteiger charge is -2.34. The number of benzene rings is 1. The average molecular weight is 293 g/mol. The molecule has 118 valence electrons. The number of nitrogens with two attached hydrogens (primary N) is 1. The van der Waals surface area contributed by atoms with Gasteiger partial charge in [-0.25, -0.2) is 4.39 Å². The third-order valence-electron chi connectivity index (χ3n) is 4.54. The first-order valence-electron chi connectivity index (χ1n) is 8.06. The number of hydrogen-bond acceptors (Lipinski definition) is 3. The molecule has 4 heteroatoms. The molecule has 1 aromatic carbocycles. The fourth-order valence-corrected chi connectivity index (χ4v) is 3.18. The summed E-state index contributed by atoms with van der Waals surface area (Å²) >= 11 is 0. The Kier molecular flexibility index (Phi) is 6.15. The molecule has 2 rings (SSSR count). The largest absolute Gasteiger partial charge is 0.326 e. The van der Waals surface area contributed by atoms with Crippen LogP contribution in [0.4, 0.5) is 4.39 Å². The summed E-state index contributed by atoms with van der Waals surface area (Å²) in [5.41, 5.74) is 7.00. The van der Waals surface area contributed by atoms with E-state index in [-0.39, 0.29) is 17.9 Å². The van der Waals surface area contributed by atoms with Crippen LogP contribution >= 0.6 is 0 Å². The molecule has 0 amide bonds. The molecule has 3 nitrogen and oxygen atoms in total. The van der Waals surface area contributed by atoms with Crippen molar-refractivity contribution in [3.8, 4) is 0 Å². The molecule has 1 fully saturated rings. The standard InChI is InChI=1S/C17H28FN3/c1-3-16(19)17(14-8-4-5-9-15(14)18)20(2)12-13-21-10-6-7-11-21/h4-5,8-9,16-17H,3,6-7,10-13,19H2,1-2H3. The van der Waals surface area contributed by atoms with Crippen molar-refractivity contribution in [2.24, 2.45) is 5.73 Å². The minimum absolute atomic E-state index is 0.0505. The molecule has 2 unspecified atom stereocenters. The molecule has 1 aliphatic heterocycles. The summed E-state index contributed by atoms with van der Waals surface area (Å²) in [6, 6.07) is 6.91. The smallest absolute Gasteiger partial charge is 0.128 e. The summed E-state index contributed by atoms with van der Waals surface area (Å²) in [5.74, 6) is -0.153. The Bertz CT molecular complexity index is 432. The lowest BCUT2D eigenvalue weighted by molar-refractivity contribution is 0.179. The first-order valence-corrected chi connectivity index (χ1v) is 8.06. The number of rotatable bonds is 7. The van der Waals surface area contributed by atoms with Crippen LogP contribution in [0, 0.1) is 5.82 Å². The quantitative estimate of drug-likeness (QED) is 0.839. The molecule has 1 saturated heterocycles. The fraction of sp³-hybridized carbons (Fsp3) is 0.647. The van der Waals surface area contributed by atoms with Gasteiger partial charge in [0.05, 0.1) is 6.04 Å². The Morgan fingerprint density at radius 1 is 1.29 bits per heavy atom. The first-order chi connectivity index (χ1) is 10.1. The van der Waals surface area contributed by atoms with Crippen molar-refractivity contribution in [3.63, 3.8) is 0 Å². The zero-order chi connectivity index (χ0) is 15.2. The van der Waals surface area contributed by atoms with Crippen LogP contribution in [0.15, 0.2) is 24.3 Å². The topological polar surface area (TPSA) is 32.5 Å². The monoisotopic (exact) mass is 293 g/mol. The number of likely N-dealkylation sites (tertiary alicyclic amines) is 1. The van der Waals surface area contributed by atoms with Crippen molar-refractivity contribution in [2.75, 3.05) is 33.2 Å². The SMILES string of the molecule is CCC(N)C(c1ccccc1F)N(C)CCN1CCCC1. The van der Waals surface area contributed by atoms with E-state index < -0.39 is 0 Å². The predicted octanol–water partition coefficient (Wildman–Crippen LogP) is 2.63.